The summed E-state index contributed by atoms with van der Waals surface area (Å²) in [6, 6.07) is 8.60. The number of aliphatic imine (C=N–C) groups is 1. The van der Waals surface area contributed by atoms with Crippen molar-refractivity contribution < 1.29 is 4.79 Å². The molecule has 2 N–H and O–H groups in total. The number of benzene rings is 1. The Morgan fingerprint density at radius 2 is 2.04 bits per heavy atom. The van der Waals surface area contributed by atoms with Crippen molar-refractivity contribution >= 4 is 17.6 Å². The minimum absolute atomic E-state index is 0.115. The lowest BCUT2D eigenvalue weighted by molar-refractivity contribution is -0.127. The first-order valence-corrected chi connectivity index (χ1v) is 10.5. The van der Waals surface area contributed by atoms with E-state index >= 15 is 0 Å². The first kappa shape index (κ1) is 20.6. The second-order valence-corrected chi connectivity index (χ2v) is 8.79. The molecular weight excluding hydrogens is 350 g/mol. The molecule has 1 atom stereocenters. The van der Waals surface area contributed by atoms with Crippen molar-refractivity contribution in [3.05, 3.63) is 29.8 Å². The van der Waals surface area contributed by atoms with Crippen LogP contribution in [0, 0.1) is 0 Å². The Kier molecular flexibility index (Phi) is 6.60. The smallest absolute Gasteiger partial charge is 0.222 e. The molecule has 1 amide bonds. The molecule has 6 heteroatoms. The lowest BCUT2D eigenvalue weighted by atomic mass is 9.98. The minimum atomic E-state index is 0.115. The highest BCUT2D eigenvalue weighted by atomic mass is 16.2. The topological polar surface area (TPSA) is 60.0 Å². The van der Waals surface area contributed by atoms with Crippen LogP contribution >= 0.6 is 0 Å². The minimum Gasteiger partial charge on any atom is -0.355 e. The lowest BCUT2D eigenvalue weighted by Gasteiger charge is -2.25. The Labute approximate surface area is 169 Å². The van der Waals surface area contributed by atoms with E-state index in [-0.39, 0.29) is 5.54 Å². The van der Waals surface area contributed by atoms with Crippen LogP contribution in [0.5, 0.6) is 0 Å². The van der Waals surface area contributed by atoms with Crippen LogP contribution in [0.25, 0.3) is 0 Å². The molecule has 2 heterocycles. The first-order chi connectivity index (χ1) is 13.4. The predicted molar refractivity (Wildman–Crippen MR) is 116 cm³/mol. The molecule has 3 rings (SSSR count). The third-order valence-corrected chi connectivity index (χ3v) is 5.52. The highest BCUT2D eigenvalue weighted by Gasteiger charge is 2.32. The SMILES string of the molecule is CN=C(NCCNC(C)(C)C)N1CC(CCN2CCCC2=O)c2ccccc21. The largest absolute Gasteiger partial charge is 0.355 e. The van der Waals surface area contributed by atoms with Crippen LogP contribution in [-0.2, 0) is 4.79 Å². The second kappa shape index (κ2) is 8.95. The molecule has 2 aliphatic rings. The summed E-state index contributed by atoms with van der Waals surface area (Å²) in [5.74, 6) is 1.66. The normalized spacial score (nSPS) is 20.1. The molecule has 0 aliphatic carbocycles. The van der Waals surface area contributed by atoms with Gasteiger partial charge in [-0.25, -0.2) is 0 Å². The summed E-state index contributed by atoms with van der Waals surface area (Å²) >= 11 is 0. The van der Waals surface area contributed by atoms with Gasteiger partial charge < -0.3 is 20.4 Å². The molecule has 1 saturated heterocycles. The van der Waals surface area contributed by atoms with E-state index in [1.807, 2.05) is 11.9 Å². The maximum Gasteiger partial charge on any atom is 0.222 e. The van der Waals surface area contributed by atoms with Crippen molar-refractivity contribution in [1.29, 1.82) is 0 Å². The van der Waals surface area contributed by atoms with E-state index in [4.69, 9.17) is 0 Å². The highest BCUT2D eigenvalue weighted by molar-refractivity contribution is 5.98. The van der Waals surface area contributed by atoms with Gasteiger partial charge in [-0.15, -0.1) is 0 Å². The Bertz CT molecular complexity index is 709. The van der Waals surface area contributed by atoms with Crippen LogP contribution < -0.4 is 15.5 Å². The summed E-state index contributed by atoms with van der Waals surface area (Å²) in [6.45, 7) is 10.9. The van der Waals surface area contributed by atoms with Gasteiger partial charge in [-0.1, -0.05) is 18.2 Å². The Balaban J connectivity index is 1.62. The number of nitrogens with zero attached hydrogens (tertiary/aromatic N) is 3. The van der Waals surface area contributed by atoms with Gasteiger partial charge >= 0.3 is 0 Å². The molecule has 0 aromatic heterocycles. The predicted octanol–water partition coefficient (Wildman–Crippen LogP) is 2.57. The number of rotatable bonds is 6. The molecule has 1 aromatic carbocycles. The monoisotopic (exact) mass is 385 g/mol. The molecule has 154 valence electrons. The molecule has 1 aromatic rings. The van der Waals surface area contributed by atoms with Gasteiger partial charge in [0.15, 0.2) is 5.96 Å². The standard InChI is InChI=1S/C22H35N5O/c1-22(2,3)25-13-12-24-21(23-4)27-16-17(18-8-5-6-9-19(18)27)11-15-26-14-7-10-20(26)28/h5-6,8-9,17,25H,7,10-16H2,1-4H3,(H,23,24). The Morgan fingerprint density at radius 1 is 1.25 bits per heavy atom. The fourth-order valence-corrected chi connectivity index (χ4v) is 4.10. The van der Waals surface area contributed by atoms with Crippen LogP contribution in [0.1, 0.15) is 51.5 Å². The van der Waals surface area contributed by atoms with Crippen molar-refractivity contribution in [2.75, 3.05) is 44.7 Å². The first-order valence-electron chi connectivity index (χ1n) is 10.5. The number of carbonyl (C=O) groups is 1. The Hall–Kier alpha value is -2.08. The van der Waals surface area contributed by atoms with Crippen molar-refractivity contribution in [2.45, 2.75) is 51.5 Å². The van der Waals surface area contributed by atoms with Crippen molar-refractivity contribution in [3.63, 3.8) is 0 Å². The average Bonchev–Trinajstić information content (AvgIpc) is 3.23. The molecule has 6 nitrogen and oxygen atoms in total. The fourth-order valence-electron chi connectivity index (χ4n) is 4.10. The second-order valence-electron chi connectivity index (χ2n) is 8.79. The van der Waals surface area contributed by atoms with Gasteiger partial charge in [-0.05, 0) is 45.2 Å². The molecule has 0 spiro atoms. The number of anilines is 1. The van der Waals surface area contributed by atoms with Crippen molar-refractivity contribution in [1.82, 2.24) is 15.5 Å². The fraction of sp³-hybridized carbons (Fsp3) is 0.636. The number of likely N-dealkylation sites (tertiary alicyclic amines) is 1. The number of carbonyl (C=O) groups excluding carboxylic acids is 1. The number of hydrogen-bond acceptors (Lipinski definition) is 3. The Morgan fingerprint density at radius 3 is 2.71 bits per heavy atom. The number of guanidine groups is 1. The van der Waals surface area contributed by atoms with Gasteiger partial charge in [0.05, 0.1) is 0 Å². The van der Waals surface area contributed by atoms with E-state index in [1.165, 1.54) is 11.3 Å². The third-order valence-electron chi connectivity index (χ3n) is 5.52. The number of hydrogen-bond donors (Lipinski definition) is 2. The van der Waals surface area contributed by atoms with E-state index < -0.39 is 0 Å². The molecule has 1 fully saturated rings. The van der Waals surface area contributed by atoms with Crippen LogP contribution in [0.15, 0.2) is 29.3 Å². The van der Waals surface area contributed by atoms with Gasteiger partial charge in [0.25, 0.3) is 0 Å². The van der Waals surface area contributed by atoms with E-state index in [0.29, 0.717) is 18.2 Å². The third kappa shape index (κ3) is 5.04. The van der Waals surface area contributed by atoms with Crippen LogP contribution in [-0.4, -0.2) is 62.1 Å². The van der Waals surface area contributed by atoms with Gasteiger partial charge in [-0.2, -0.15) is 0 Å². The van der Waals surface area contributed by atoms with E-state index in [1.54, 1.807) is 0 Å². The van der Waals surface area contributed by atoms with Crippen LogP contribution in [0.2, 0.25) is 0 Å². The zero-order valence-corrected chi connectivity index (χ0v) is 17.8. The summed E-state index contributed by atoms with van der Waals surface area (Å²) < 4.78 is 0. The maximum absolute atomic E-state index is 11.9. The average molecular weight is 386 g/mol. The van der Waals surface area contributed by atoms with E-state index in [0.717, 1.165) is 51.5 Å². The quantitative estimate of drug-likeness (QED) is 0.449. The molecule has 0 saturated carbocycles. The van der Waals surface area contributed by atoms with Gasteiger partial charge in [0, 0.05) is 63.3 Å². The van der Waals surface area contributed by atoms with Crippen molar-refractivity contribution in [3.8, 4) is 0 Å². The van der Waals surface area contributed by atoms with Crippen molar-refractivity contribution in [2.24, 2.45) is 4.99 Å². The molecule has 0 bridgehead atoms. The maximum atomic E-state index is 11.9. The number of fused-ring (bicyclic) bond motifs is 1. The number of nitrogens with one attached hydrogen (secondary N) is 2. The number of amides is 1. The highest BCUT2D eigenvalue weighted by Crippen LogP contribution is 2.38. The lowest BCUT2D eigenvalue weighted by Crippen LogP contribution is -2.46. The van der Waals surface area contributed by atoms with E-state index in [2.05, 4.69) is 65.6 Å². The number of para-hydroxylation sites is 1. The van der Waals surface area contributed by atoms with Crippen LogP contribution in [0.4, 0.5) is 5.69 Å². The summed E-state index contributed by atoms with van der Waals surface area (Å²) in [7, 11) is 1.85. The molecule has 1 unspecified atom stereocenters. The summed E-state index contributed by atoms with van der Waals surface area (Å²) in [5.41, 5.74) is 2.71. The zero-order chi connectivity index (χ0) is 20.1. The summed E-state index contributed by atoms with van der Waals surface area (Å²) in [6.07, 6.45) is 2.72. The summed E-state index contributed by atoms with van der Waals surface area (Å²) in [4.78, 5) is 20.8. The molecular formula is C22H35N5O. The van der Waals surface area contributed by atoms with Crippen LogP contribution in [0.3, 0.4) is 0 Å². The molecule has 28 heavy (non-hydrogen) atoms. The van der Waals surface area contributed by atoms with Gasteiger partial charge in [-0.3, -0.25) is 9.79 Å². The molecule has 0 radical (unpaired) electrons. The molecule has 2 aliphatic heterocycles. The van der Waals surface area contributed by atoms with Gasteiger partial charge in [0.2, 0.25) is 5.91 Å². The van der Waals surface area contributed by atoms with E-state index in [9.17, 15) is 4.79 Å². The summed E-state index contributed by atoms with van der Waals surface area (Å²) in [5, 5.41) is 7.00. The zero-order valence-electron chi connectivity index (χ0n) is 17.8. The van der Waals surface area contributed by atoms with Gasteiger partial charge in [0.1, 0.15) is 0 Å².